The van der Waals surface area contributed by atoms with Crippen molar-refractivity contribution in [1.29, 1.82) is 0 Å². The lowest BCUT2D eigenvalue weighted by Gasteiger charge is -2.25. The van der Waals surface area contributed by atoms with Gasteiger partial charge in [-0.1, -0.05) is 17.7 Å². The normalized spacial score (nSPS) is 31.9. The second-order valence-corrected chi connectivity index (χ2v) is 8.05. The van der Waals surface area contributed by atoms with Crippen LogP contribution in [0.2, 0.25) is 0 Å². The van der Waals surface area contributed by atoms with E-state index in [4.69, 9.17) is 18.9 Å². The predicted octanol–water partition coefficient (Wildman–Crippen LogP) is 2.94. The van der Waals surface area contributed by atoms with Gasteiger partial charge >= 0.3 is 17.9 Å². The lowest BCUT2D eigenvalue weighted by molar-refractivity contribution is -0.143. The lowest BCUT2D eigenvalue weighted by atomic mass is 9.87. The highest BCUT2D eigenvalue weighted by atomic mass is 16.6. The summed E-state index contributed by atoms with van der Waals surface area (Å²) in [6, 6.07) is 0. The molecule has 1 aliphatic carbocycles. The molecule has 4 atom stereocenters. The molecule has 0 aromatic heterocycles. The Morgan fingerprint density at radius 1 is 1.34 bits per heavy atom. The summed E-state index contributed by atoms with van der Waals surface area (Å²) in [6.45, 7) is 8.45. The second kappa shape index (κ2) is 8.14. The van der Waals surface area contributed by atoms with Crippen molar-refractivity contribution in [1.82, 2.24) is 0 Å². The van der Waals surface area contributed by atoms with Gasteiger partial charge in [0.2, 0.25) is 0 Å². The molecule has 4 unspecified atom stereocenters. The molecule has 2 heterocycles. The predicted molar refractivity (Wildman–Crippen MR) is 104 cm³/mol. The van der Waals surface area contributed by atoms with Gasteiger partial charge in [-0.15, -0.1) is 0 Å². The maximum atomic E-state index is 12.6. The van der Waals surface area contributed by atoms with Crippen molar-refractivity contribution in [3.63, 3.8) is 0 Å². The van der Waals surface area contributed by atoms with Crippen molar-refractivity contribution in [2.75, 3.05) is 6.61 Å². The van der Waals surface area contributed by atoms with E-state index in [9.17, 15) is 14.4 Å². The molecular weight excluding hydrogens is 376 g/mol. The number of epoxide rings is 1. The van der Waals surface area contributed by atoms with Gasteiger partial charge in [0.25, 0.3) is 0 Å². The molecule has 0 radical (unpaired) electrons. The zero-order chi connectivity index (χ0) is 21.3. The van der Waals surface area contributed by atoms with Gasteiger partial charge in [0, 0.05) is 24.5 Å². The van der Waals surface area contributed by atoms with Crippen LogP contribution >= 0.6 is 0 Å². The Morgan fingerprint density at radius 2 is 2.07 bits per heavy atom. The molecule has 0 saturated carbocycles. The molecule has 1 fully saturated rings. The van der Waals surface area contributed by atoms with E-state index < -0.39 is 35.7 Å². The average Bonchev–Trinajstić information content (AvgIpc) is 3.20. The first-order chi connectivity index (χ1) is 13.7. The number of ether oxygens (including phenoxy) is 4. The highest BCUT2D eigenvalue weighted by Crippen LogP contribution is 2.49. The van der Waals surface area contributed by atoms with Gasteiger partial charge in [0.1, 0.15) is 18.8 Å². The Bertz CT molecular complexity index is 819. The number of rotatable bonds is 4. The first-order valence-electron chi connectivity index (χ1n) is 9.91. The third kappa shape index (κ3) is 4.45. The van der Waals surface area contributed by atoms with Crippen LogP contribution < -0.4 is 0 Å². The maximum absolute atomic E-state index is 12.6. The summed E-state index contributed by atoms with van der Waals surface area (Å²) in [4.78, 5) is 36.5. The Balaban J connectivity index is 2.04. The van der Waals surface area contributed by atoms with E-state index in [1.54, 1.807) is 19.9 Å². The van der Waals surface area contributed by atoms with Gasteiger partial charge in [-0.2, -0.15) is 0 Å². The van der Waals surface area contributed by atoms with Crippen molar-refractivity contribution in [3.8, 4) is 0 Å². The van der Waals surface area contributed by atoms with Crippen LogP contribution in [0.4, 0.5) is 0 Å². The summed E-state index contributed by atoms with van der Waals surface area (Å²) in [5.74, 6) is -1.52. The van der Waals surface area contributed by atoms with E-state index in [0.717, 1.165) is 18.4 Å². The number of fused-ring (bicyclic) bond motifs is 3. The number of hydrogen-bond acceptors (Lipinski definition) is 7. The summed E-state index contributed by atoms with van der Waals surface area (Å²) < 4.78 is 22.5. The van der Waals surface area contributed by atoms with E-state index in [0.29, 0.717) is 17.6 Å². The number of hydrogen-bond donors (Lipinski definition) is 0. The Hall–Kier alpha value is -2.41. The summed E-state index contributed by atoms with van der Waals surface area (Å²) in [5, 5.41) is 0. The molecule has 3 aliphatic rings. The maximum Gasteiger partial charge on any atom is 0.338 e. The van der Waals surface area contributed by atoms with Gasteiger partial charge in [-0.3, -0.25) is 4.79 Å². The molecule has 0 aromatic rings. The molecule has 0 spiro atoms. The first-order valence-corrected chi connectivity index (χ1v) is 9.91. The van der Waals surface area contributed by atoms with Crippen molar-refractivity contribution >= 4 is 17.9 Å². The van der Waals surface area contributed by atoms with Crippen molar-refractivity contribution in [2.24, 2.45) is 0 Å². The van der Waals surface area contributed by atoms with Crippen molar-refractivity contribution in [2.45, 2.75) is 77.8 Å². The second-order valence-electron chi connectivity index (χ2n) is 8.05. The minimum absolute atomic E-state index is 0.219. The van der Waals surface area contributed by atoms with Gasteiger partial charge in [0.15, 0.2) is 6.10 Å². The molecule has 0 bridgehead atoms. The molecule has 0 amide bonds. The van der Waals surface area contributed by atoms with Crippen LogP contribution in [-0.4, -0.2) is 48.4 Å². The molecule has 0 N–H and O–H groups in total. The van der Waals surface area contributed by atoms with Crippen molar-refractivity contribution < 1.29 is 33.3 Å². The van der Waals surface area contributed by atoms with Crippen LogP contribution in [-0.2, 0) is 33.3 Å². The standard InChI is InChI=1S/C22H28O7/c1-6-13(3)20(24)27-16-10-12(2)8-7-9-22(5)19(29-22)18-17(16)15(21(25)28-18)11-26-14(4)23/h6,8,16,18-19H,7,9-11H2,1-5H3. The fraction of sp³-hybridized carbons (Fsp3) is 0.591. The molecule has 2 aliphatic heterocycles. The highest BCUT2D eigenvalue weighted by Gasteiger charge is 2.61. The molecule has 1 saturated heterocycles. The summed E-state index contributed by atoms with van der Waals surface area (Å²) in [5.41, 5.74) is 1.88. The summed E-state index contributed by atoms with van der Waals surface area (Å²) >= 11 is 0. The van der Waals surface area contributed by atoms with Crippen LogP contribution in [0.1, 0.15) is 53.9 Å². The van der Waals surface area contributed by atoms with Gasteiger partial charge in [-0.05, 0) is 40.5 Å². The number of allylic oxidation sites excluding steroid dienone is 2. The minimum atomic E-state index is -0.706. The van der Waals surface area contributed by atoms with E-state index in [1.165, 1.54) is 6.92 Å². The Labute approximate surface area is 170 Å². The van der Waals surface area contributed by atoms with Crippen LogP contribution in [0.3, 0.4) is 0 Å². The summed E-state index contributed by atoms with van der Waals surface area (Å²) in [6.07, 6.45) is 4.16. The Morgan fingerprint density at radius 3 is 2.72 bits per heavy atom. The molecular formula is C22H28O7. The SMILES string of the molecule is CC=C(C)C(=O)OC1CC(C)=CCCC2(C)OC2C2OC(=O)C(COC(C)=O)=C12. The topological polar surface area (TPSA) is 91.4 Å². The largest absolute Gasteiger partial charge is 0.461 e. The van der Waals surface area contributed by atoms with E-state index in [-0.39, 0.29) is 18.3 Å². The molecule has 7 heteroatoms. The zero-order valence-corrected chi connectivity index (χ0v) is 17.6. The first kappa shape index (κ1) is 21.3. The quantitative estimate of drug-likeness (QED) is 0.234. The number of esters is 3. The molecule has 3 rings (SSSR count). The van der Waals surface area contributed by atoms with E-state index >= 15 is 0 Å². The molecule has 0 aromatic carbocycles. The molecule has 158 valence electrons. The molecule has 29 heavy (non-hydrogen) atoms. The number of carbonyl (C=O) groups excluding carboxylic acids is 3. The van der Waals surface area contributed by atoms with E-state index in [2.05, 4.69) is 6.08 Å². The van der Waals surface area contributed by atoms with Crippen LogP contribution in [0.25, 0.3) is 0 Å². The fourth-order valence-electron chi connectivity index (χ4n) is 3.83. The van der Waals surface area contributed by atoms with Gasteiger partial charge < -0.3 is 18.9 Å². The lowest BCUT2D eigenvalue weighted by Crippen LogP contribution is -2.33. The highest BCUT2D eigenvalue weighted by molar-refractivity contribution is 5.94. The minimum Gasteiger partial charge on any atom is -0.461 e. The van der Waals surface area contributed by atoms with Gasteiger partial charge in [0.05, 0.1) is 11.2 Å². The zero-order valence-electron chi connectivity index (χ0n) is 17.6. The summed E-state index contributed by atoms with van der Waals surface area (Å²) in [7, 11) is 0. The van der Waals surface area contributed by atoms with Crippen LogP contribution in [0.15, 0.2) is 34.4 Å². The third-order valence-corrected chi connectivity index (χ3v) is 5.76. The van der Waals surface area contributed by atoms with Gasteiger partial charge in [-0.25, -0.2) is 9.59 Å². The number of carbonyl (C=O) groups is 3. The average molecular weight is 404 g/mol. The van der Waals surface area contributed by atoms with Crippen LogP contribution in [0.5, 0.6) is 0 Å². The van der Waals surface area contributed by atoms with Crippen molar-refractivity contribution in [3.05, 3.63) is 34.4 Å². The third-order valence-electron chi connectivity index (χ3n) is 5.76. The smallest absolute Gasteiger partial charge is 0.338 e. The monoisotopic (exact) mass is 404 g/mol. The van der Waals surface area contributed by atoms with E-state index in [1.807, 2.05) is 13.8 Å². The fourth-order valence-corrected chi connectivity index (χ4v) is 3.83. The molecule has 7 nitrogen and oxygen atoms in total. The van der Waals surface area contributed by atoms with Crippen LogP contribution in [0, 0.1) is 0 Å². The Kier molecular flexibility index (Phi) is 5.98.